The number of rotatable bonds is 5. The molecule has 0 spiro atoms. The summed E-state index contributed by atoms with van der Waals surface area (Å²) in [5, 5.41) is 0. The van der Waals surface area contributed by atoms with Gasteiger partial charge in [0.05, 0.1) is 42.2 Å². The molecular formula is C23H18N4O. The van der Waals surface area contributed by atoms with Crippen LogP contribution in [0.25, 0.3) is 22.6 Å². The maximum Gasteiger partial charge on any atom is 0.131 e. The molecule has 0 radical (unpaired) electrons. The van der Waals surface area contributed by atoms with E-state index in [0.29, 0.717) is 0 Å². The Morgan fingerprint density at radius 3 is 2.36 bits per heavy atom. The van der Waals surface area contributed by atoms with Crippen molar-refractivity contribution in [2.45, 2.75) is 6.04 Å². The Balaban J connectivity index is 1.76. The zero-order chi connectivity index (χ0) is 18.8. The SMILES string of the molecule is c1ccc(-c2ncn(C(c3ccccc3)c3ccco3)c2-c2cnc[nH]2)cc1. The molecule has 0 saturated heterocycles. The summed E-state index contributed by atoms with van der Waals surface area (Å²) in [5.41, 5.74) is 4.95. The van der Waals surface area contributed by atoms with Crippen LogP contribution in [-0.2, 0) is 0 Å². The number of aromatic nitrogens is 4. The van der Waals surface area contributed by atoms with Crippen molar-refractivity contribution in [2.75, 3.05) is 0 Å². The van der Waals surface area contributed by atoms with Gasteiger partial charge in [-0.25, -0.2) is 9.97 Å². The van der Waals surface area contributed by atoms with E-state index in [4.69, 9.17) is 9.40 Å². The quantitative estimate of drug-likeness (QED) is 0.467. The molecule has 2 aromatic carbocycles. The third-order valence-corrected chi connectivity index (χ3v) is 4.80. The van der Waals surface area contributed by atoms with Crippen LogP contribution in [-0.4, -0.2) is 19.5 Å². The summed E-state index contributed by atoms with van der Waals surface area (Å²) < 4.78 is 7.96. The van der Waals surface area contributed by atoms with Crippen molar-refractivity contribution in [1.82, 2.24) is 19.5 Å². The third kappa shape index (κ3) is 2.83. The van der Waals surface area contributed by atoms with Gasteiger partial charge in [-0.15, -0.1) is 0 Å². The number of hydrogen-bond acceptors (Lipinski definition) is 3. The number of nitrogens with one attached hydrogen (secondary N) is 1. The van der Waals surface area contributed by atoms with Crippen molar-refractivity contribution in [2.24, 2.45) is 0 Å². The Morgan fingerprint density at radius 1 is 0.893 bits per heavy atom. The summed E-state index contributed by atoms with van der Waals surface area (Å²) >= 11 is 0. The minimum absolute atomic E-state index is 0.139. The van der Waals surface area contributed by atoms with E-state index in [2.05, 4.69) is 38.8 Å². The molecule has 28 heavy (non-hydrogen) atoms. The Morgan fingerprint density at radius 2 is 1.68 bits per heavy atom. The minimum atomic E-state index is -0.139. The molecule has 5 heteroatoms. The predicted octanol–water partition coefficient (Wildman–Crippen LogP) is 5.17. The topological polar surface area (TPSA) is 59.6 Å². The van der Waals surface area contributed by atoms with Crippen LogP contribution in [0, 0.1) is 0 Å². The molecule has 1 unspecified atom stereocenters. The molecule has 3 heterocycles. The van der Waals surface area contributed by atoms with Gasteiger partial charge in [-0.05, 0) is 17.7 Å². The maximum absolute atomic E-state index is 5.82. The van der Waals surface area contributed by atoms with Crippen molar-refractivity contribution < 1.29 is 4.42 Å². The molecule has 0 aliphatic carbocycles. The molecule has 5 rings (SSSR count). The van der Waals surface area contributed by atoms with Gasteiger partial charge in [0, 0.05) is 5.56 Å². The number of H-pyrrole nitrogens is 1. The first-order valence-electron chi connectivity index (χ1n) is 9.11. The average Bonchev–Trinajstić information content (AvgIpc) is 3.52. The van der Waals surface area contributed by atoms with Gasteiger partial charge in [0.15, 0.2) is 0 Å². The zero-order valence-electron chi connectivity index (χ0n) is 15.1. The highest BCUT2D eigenvalue weighted by atomic mass is 16.3. The standard InChI is InChI=1S/C23H18N4O/c1-3-8-17(9-4-1)21-23(19-14-24-15-25-19)27(16-26-21)22(20-12-7-13-28-20)18-10-5-2-6-11-18/h1-16,22H,(H,24,25). The second-order valence-electron chi connectivity index (χ2n) is 6.51. The lowest BCUT2D eigenvalue weighted by molar-refractivity contribution is 0.461. The molecular weight excluding hydrogens is 348 g/mol. The second-order valence-corrected chi connectivity index (χ2v) is 6.51. The van der Waals surface area contributed by atoms with Gasteiger partial charge in [-0.2, -0.15) is 0 Å². The first-order chi connectivity index (χ1) is 13.9. The van der Waals surface area contributed by atoms with E-state index >= 15 is 0 Å². The molecule has 0 fully saturated rings. The normalized spacial score (nSPS) is 12.1. The van der Waals surface area contributed by atoms with E-state index in [1.165, 1.54) is 0 Å². The number of hydrogen-bond donors (Lipinski definition) is 1. The van der Waals surface area contributed by atoms with Crippen molar-refractivity contribution in [3.05, 3.63) is 109 Å². The highest BCUT2D eigenvalue weighted by molar-refractivity contribution is 5.76. The van der Waals surface area contributed by atoms with Gasteiger partial charge < -0.3 is 14.0 Å². The van der Waals surface area contributed by atoms with Crippen LogP contribution < -0.4 is 0 Å². The van der Waals surface area contributed by atoms with Gasteiger partial charge in [0.2, 0.25) is 0 Å². The summed E-state index contributed by atoms with van der Waals surface area (Å²) in [6.45, 7) is 0. The molecule has 0 aliphatic heterocycles. The smallest absolute Gasteiger partial charge is 0.131 e. The van der Waals surface area contributed by atoms with Crippen molar-refractivity contribution in [3.63, 3.8) is 0 Å². The first kappa shape index (κ1) is 16.3. The predicted molar refractivity (Wildman–Crippen MR) is 108 cm³/mol. The molecule has 5 aromatic rings. The van der Waals surface area contributed by atoms with E-state index in [0.717, 1.165) is 34.0 Å². The summed E-state index contributed by atoms with van der Waals surface area (Å²) in [4.78, 5) is 12.2. The lowest BCUT2D eigenvalue weighted by atomic mass is 10.0. The van der Waals surface area contributed by atoms with Crippen LogP contribution in [0.4, 0.5) is 0 Å². The fourth-order valence-corrected chi connectivity index (χ4v) is 3.56. The van der Waals surface area contributed by atoms with E-state index < -0.39 is 0 Å². The first-order valence-corrected chi connectivity index (χ1v) is 9.11. The summed E-state index contributed by atoms with van der Waals surface area (Å²) in [6.07, 6.45) is 7.09. The van der Waals surface area contributed by atoms with E-state index in [-0.39, 0.29) is 6.04 Å². The van der Waals surface area contributed by atoms with Gasteiger partial charge in [-0.1, -0.05) is 60.7 Å². The monoisotopic (exact) mass is 366 g/mol. The van der Waals surface area contributed by atoms with Gasteiger partial charge in [-0.3, -0.25) is 0 Å². The number of furan rings is 1. The van der Waals surface area contributed by atoms with Crippen LogP contribution in [0.3, 0.4) is 0 Å². The lowest BCUT2D eigenvalue weighted by Gasteiger charge is -2.20. The average molecular weight is 366 g/mol. The van der Waals surface area contributed by atoms with Crippen LogP contribution in [0.1, 0.15) is 17.4 Å². The van der Waals surface area contributed by atoms with Crippen LogP contribution in [0.15, 0.2) is 102 Å². The highest BCUT2D eigenvalue weighted by Crippen LogP contribution is 2.36. The minimum Gasteiger partial charge on any atom is -0.467 e. The Bertz CT molecular complexity index is 1140. The molecule has 0 saturated carbocycles. The van der Waals surface area contributed by atoms with Crippen molar-refractivity contribution in [1.29, 1.82) is 0 Å². The summed E-state index contributed by atoms with van der Waals surface area (Å²) in [7, 11) is 0. The van der Waals surface area contributed by atoms with E-state index in [1.807, 2.05) is 61.1 Å². The van der Waals surface area contributed by atoms with E-state index in [1.54, 1.807) is 12.6 Å². The zero-order valence-corrected chi connectivity index (χ0v) is 15.1. The summed E-state index contributed by atoms with van der Waals surface area (Å²) in [6, 6.07) is 24.2. The van der Waals surface area contributed by atoms with E-state index in [9.17, 15) is 0 Å². The van der Waals surface area contributed by atoms with Gasteiger partial charge in [0.25, 0.3) is 0 Å². The number of nitrogens with zero attached hydrogens (tertiary/aromatic N) is 3. The van der Waals surface area contributed by atoms with Gasteiger partial charge >= 0.3 is 0 Å². The Kier molecular flexibility index (Phi) is 4.10. The molecule has 0 bridgehead atoms. The largest absolute Gasteiger partial charge is 0.467 e. The van der Waals surface area contributed by atoms with Crippen LogP contribution >= 0.6 is 0 Å². The Labute approximate surface area is 162 Å². The number of imidazole rings is 2. The molecule has 0 aliphatic rings. The lowest BCUT2D eigenvalue weighted by Crippen LogP contribution is -2.12. The molecule has 0 amide bonds. The van der Waals surface area contributed by atoms with Crippen molar-refractivity contribution >= 4 is 0 Å². The Hall–Kier alpha value is -3.86. The third-order valence-electron chi connectivity index (χ3n) is 4.80. The second kappa shape index (κ2) is 7.04. The maximum atomic E-state index is 5.82. The molecule has 5 nitrogen and oxygen atoms in total. The summed E-state index contributed by atoms with van der Waals surface area (Å²) in [5.74, 6) is 0.851. The van der Waals surface area contributed by atoms with Crippen LogP contribution in [0.5, 0.6) is 0 Å². The van der Waals surface area contributed by atoms with Crippen LogP contribution in [0.2, 0.25) is 0 Å². The van der Waals surface area contributed by atoms with Gasteiger partial charge in [0.1, 0.15) is 11.8 Å². The molecule has 3 aromatic heterocycles. The fraction of sp³-hybridized carbons (Fsp3) is 0.0435. The molecule has 136 valence electrons. The highest BCUT2D eigenvalue weighted by Gasteiger charge is 2.25. The molecule has 1 atom stereocenters. The fourth-order valence-electron chi connectivity index (χ4n) is 3.56. The van der Waals surface area contributed by atoms with Crippen molar-refractivity contribution in [3.8, 4) is 22.6 Å². The number of aromatic amines is 1. The molecule has 1 N–H and O–H groups in total. The number of benzene rings is 2.